The molecule has 1 amide bonds. The van der Waals surface area contributed by atoms with Crippen LogP contribution in [-0.4, -0.2) is 23.2 Å². The molecule has 2 rings (SSSR count). The number of rotatable bonds is 3. The second-order valence-corrected chi connectivity index (χ2v) is 5.68. The topological polar surface area (TPSA) is 54.1 Å². The lowest BCUT2D eigenvalue weighted by molar-refractivity contribution is 0.0528. The van der Waals surface area contributed by atoms with Crippen molar-refractivity contribution in [1.82, 2.24) is 10.3 Å². The molecule has 0 saturated heterocycles. The second kappa shape index (κ2) is 5.53. The lowest BCUT2D eigenvalue weighted by atomic mass is 10.1. The van der Waals surface area contributed by atoms with Crippen molar-refractivity contribution in [1.29, 1.82) is 0 Å². The van der Waals surface area contributed by atoms with E-state index in [1.165, 1.54) is 12.1 Å². The number of ether oxygens (including phenoxy) is 1. The van der Waals surface area contributed by atoms with Crippen LogP contribution in [0.25, 0.3) is 10.9 Å². The molecule has 2 aromatic rings. The maximum Gasteiger partial charge on any atom is 0.407 e. The van der Waals surface area contributed by atoms with Gasteiger partial charge in [0, 0.05) is 23.6 Å². The summed E-state index contributed by atoms with van der Waals surface area (Å²) in [6, 6.07) is 4.63. The van der Waals surface area contributed by atoms with Gasteiger partial charge in [-0.15, -0.1) is 0 Å². The number of amides is 1. The lowest BCUT2D eigenvalue weighted by Crippen LogP contribution is -2.33. The van der Waals surface area contributed by atoms with Gasteiger partial charge in [0.2, 0.25) is 0 Å². The highest BCUT2D eigenvalue weighted by atomic mass is 19.1. The quantitative estimate of drug-likeness (QED) is 0.904. The van der Waals surface area contributed by atoms with E-state index in [2.05, 4.69) is 10.3 Å². The van der Waals surface area contributed by atoms with E-state index >= 15 is 0 Å². The third kappa shape index (κ3) is 3.73. The summed E-state index contributed by atoms with van der Waals surface area (Å²) in [6.45, 7) is 5.93. The van der Waals surface area contributed by atoms with E-state index in [1.807, 2.05) is 27.0 Å². The average molecular weight is 278 g/mol. The van der Waals surface area contributed by atoms with E-state index in [4.69, 9.17) is 4.74 Å². The van der Waals surface area contributed by atoms with E-state index in [-0.39, 0.29) is 5.82 Å². The minimum Gasteiger partial charge on any atom is -0.444 e. The molecule has 0 bridgehead atoms. The molecule has 0 aliphatic heterocycles. The summed E-state index contributed by atoms with van der Waals surface area (Å²) in [6.07, 6.45) is 2.06. The van der Waals surface area contributed by atoms with Crippen molar-refractivity contribution in [2.75, 3.05) is 6.54 Å². The summed E-state index contributed by atoms with van der Waals surface area (Å²) in [5.74, 6) is -0.266. The minimum absolute atomic E-state index is 0.266. The van der Waals surface area contributed by atoms with Gasteiger partial charge in [0.15, 0.2) is 0 Å². The number of aromatic amines is 1. The van der Waals surface area contributed by atoms with Crippen molar-refractivity contribution in [3.63, 3.8) is 0 Å². The Morgan fingerprint density at radius 3 is 2.85 bits per heavy atom. The molecule has 20 heavy (non-hydrogen) atoms. The normalized spacial score (nSPS) is 11.6. The maximum absolute atomic E-state index is 13.1. The number of carbonyl (C=O) groups is 1. The van der Waals surface area contributed by atoms with Gasteiger partial charge in [-0.1, -0.05) is 0 Å². The lowest BCUT2D eigenvalue weighted by Gasteiger charge is -2.19. The molecule has 0 aliphatic rings. The van der Waals surface area contributed by atoms with E-state index in [0.29, 0.717) is 13.0 Å². The smallest absolute Gasteiger partial charge is 0.407 e. The number of nitrogens with one attached hydrogen (secondary N) is 2. The average Bonchev–Trinajstić information content (AvgIpc) is 2.69. The van der Waals surface area contributed by atoms with Crippen LogP contribution >= 0.6 is 0 Å². The third-order valence-corrected chi connectivity index (χ3v) is 2.79. The highest BCUT2D eigenvalue weighted by Crippen LogP contribution is 2.19. The van der Waals surface area contributed by atoms with Crippen molar-refractivity contribution >= 4 is 17.0 Å². The monoisotopic (exact) mass is 278 g/mol. The Kier molecular flexibility index (Phi) is 3.97. The van der Waals surface area contributed by atoms with Crippen molar-refractivity contribution in [3.8, 4) is 0 Å². The molecule has 0 saturated carbocycles. The van der Waals surface area contributed by atoms with Crippen molar-refractivity contribution in [2.24, 2.45) is 0 Å². The van der Waals surface area contributed by atoms with Gasteiger partial charge in [-0.05, 0) is 51.0 Å². The van der Waals surface area contributed by atoms with Gasteiger partial charge >= 0.3 is 6.09 Å². The number of H-pyrrole nitrogens is 1. The zero-order chi connectivity index (χ0) is 14.8. The number of hydrogen-bond acceptors (Lipinski definition) is 2. The van der Waals surface area contributed by atoms with Gasteiger partial charge in [-0.25, -0.2) is 9.18 Å². The van der Waals surface area contributed by atoms with Gasteiger partial charge in [0.05, 0.1) is 0 Å². The molecule has 0 radical (unpaired) electrons. The fraction of sp³-hybridized carbons (Fsp3) is 0.400. The van der Waals surface area contributed by atoms with Crippen LogP contribution in [0.5, 0.6) is 0 Å². The molecule has 0 fully saturated rings. The molecular formula is C15H19FN2O2. The summed E-state index contributed by atoms with van der Waals surface area (Å²) in [5, 5.41) is 3.67. The zero-order valence-corrected chi connectivity index (χ0v) is 11.9. The fourth-order valence-corrected chi connectivity index (χ4v) is 1.98. The first-order chi connectivity index (χ1) is 9.35. The van der Waals surface area contributed by atoms with Crippen LogP contribution in [0.2, 0.25) is 0 Å². The molecule has 1 aromatic heterocycles. The van der Waals surface area contributed by atoms with Crippen LogP contribution in [0.4, 0.5) is 9.18 Å². The first-order valence-corrected chi connectivity index (χ1v) is 6.57. The van der Waals surface area contributed by atoms with Gasteiger partial charge in [0.1, 0.15) is 11.4 Å². The summed E-state index contributed by atoms with van der Waals surface area (Å²) >= 11 is 0. The van der Waals surface area contributed by atoms with Crippen LogP contribution in [0.15, 0.2) is 24.4 Å². The molecular weight excluding hydrogens is 259 g/mol. The van der Waals surface area contributed by atoms with E-state index in [1.54, 1.807) is 6.07 Å². The molecule has 5 heteroatoms. The molecule has 0 unspecified atom stereocenters. The number of fused-ring (bicyclic) bond motifs is 1. The van der Waals surface area contributed by atoms with E-state index in [9.17, 15) is 9.18 Å². The summed E-state index contributed by atoms with van der Waals surface area (Å²) in [4.78, 5) is 14.5. The van der Waals surface area contributed by atoms with Crippen LogP contribution in [0.1, 0.15) is 26.3 Å². The molecule has 0 atom stereocenters. The number of halogens is 1. The van der Waals surface area contributed by atoms with Gasteiger partial charge in [0.25, 0.3) is 0 Å². The number of carbonyl (C=O) groups excluding carboxylic acids is 1. The SMILES string of the molecule is CC(C)(C)OC(=O)NCCc1c[nH]c2cc(F)ccc12. The van der Waals surface area contributed by atoms with Crippen LogP contribution in [-0.2, 0) is 11.2 Å². The zero-order valence-electron chi connectivity index (χ0n) is 11.9. The number of aromatic nitrogens is 1. The minimum atomic E-state index is -0.498. The Morgan fingerprint density at radius 1 is 1.40 bits per heavy atom. The Hall–Kier alpha value is -2.04. The highest BCUT2D eigenvalue weighted by molar-refractivity contribution is 5.83. The van der Waals surface area contributed by atoms with Crippen molar-refractivity contribution in [2.45, 2.75) is 32.8 Å². The first-order valence-electron chi connectivity index (χ1n) is 6.57. The van der Waals surface area contributed by atoms with E-state index < -0.39 is 11.7 Å². The first kappa shape index (κ1) is 14.4. The van der Waals surface area contributed by atoms with Crippen LogP contribution in [0, 0.1) is 5.82 Å². The summed E-state index contributed by atoms with van der Waals surface area (Å²) in [7, 11) is 0. The Morgan fingerprint density at radius 2 is 2.15 bits per heavy atom. The number of benzene rings is 1. The molecule has 1 aromatic carbocycles. The fourth-order valence-electron chi connectivity index (χ4n) is 1.98. The van der Waals surface area contributed by atoms with Gasteiger partial charge in [-0.2, -0.15) is 0 Å². The number of hydrogen-bond donors (Lipinski definition) is 2. The van der Waals surface area contributed by atoms with Crippen molar-refractivity contribution < 1.29 is 13.9 Å². The van der Waals surface area contributed by atoms with Crippen LogP contribution in [0.3, 0.4) is 0 Å². The largest absolute Gasteiger partial charge is 0.444 e. The molecule has 4 nitrogen and oxygen atoms in total. The van der Waals surface area contributed by atoms with Crippen molar-refractivity contribution in [3.05, 3.63) is 35.8 Å². The number of alkyl carbamates (subject to hydrolysis) is 1. The predicted octanol–water partition coefficient (Wildman–Crippen LogP) is 3.37. The molecule has 108 valence electrons. The summed E-state index contributed by atoms with van der Waals surface area (Å²) in [5.41, 5.74) is 1.30. The second-order valence-electron chi connectivity index (χ2n) is 5.68. The Bertz CT molecular complexity index is 614. The summed E-state index contributed by atoms with van der Waals surface area (Å²) < 4.78 is 18.2. The molecule has 0 spiro atoms. The maximum atomic E-state index is 13.1. The molecule has 1 heterocycles. The van der Waals surface area contributed by atoms with Crippen LogP contribution < -0.4 is 5.32 Å². The third-order valence-electron chi connectivity index (χ3n) is 2.79. The molecule has 2 N–H and O–H groups in total. The van der Waals surface area contributed by atoms with Gasteiger partial charge in [-0.3, -0.25) is 0 Å². The predicted molar refractivity (Wildman–Crippen MR) is 76.2 cm³/mol. The highest BCUT2D eigenvalue weighted by Gasteiger charge is 2.15. The Labute approximate surface area is 117 Å². The van der Waals surface area contributed by atoms with E-state index in [0.717, 1.165) is 16.5 Å². The van der Waals surface area contributed by atoms with Gasteiger partial charge < -0.3 is 15.0 Å². The molecule has 0 aliphatic carbocycles. The Balaban J connectivity index is 1.92. The standard InChI is InChI=1S/C15H19FN2O2/c1-15(2,3)20-14(19)17-7-6-10-9-18-13-8-11(16)4-5-12(10)13/h4-5,8-9,18H,6-7H2,1-3H3,(H,17,19).